The van der Waals surface area contributed by atoms with Crippen LogP contribution in [-0.2, 0) is 42.7 Å². The maximum absolute atomic E-state index is 11.7. The molecule has 0 fully saturated rings. The van der Waals surface area contributed by atoms with Gasteiger partial charge in [-0.3, -0.25) is 9.59 Å². The van der Waals surface area contributed by atoms with E-state index in [1.54, 1.807) is 0 Å². The summed E-state index contributed by atoms with van der Waals surface area (Å²) < 4.78 is 37.4. The van der Waals surface area contributed by atoms with Crippen LogP contribution in [0.1, 0.15) is 104 Å². The Morgan fingerprint density at radius 2 is 0.615 bits per heavy atom. The Hall–Kier alpha value is -1.26. The Morgan fingerprint density at radius 3 is 0.974 bits per heavy atom. The lowest BCUT2D eigenvalue weighted by molar-refractivity contribution is -0.146. The molecule has 0 amide bonds. The maximum atomic E-state index is 11.7. The molecule has 0 bridgehead atoms. The van der Waals surface area contributed by atoms with Crippen molar-refractivity contribution in [1.82, 2.24) is 0 Å². The maximum Gasteiger partial charge on any atom is 0.305 e. The Kier molecular flexibility index (Phi) is 31.9. The van der Waals surface area contributed by atoms with Crippen molar-refractivity contribution < 1.29 is 42.7 Å². The zero-order valence-electron chi connectivity index (χ0n) is 25.1. The van der Waals surface area contributed by atoms with Crippen LogP contribution >= 0.6 is 0 Å². The lowest BCUT2D eigenvalue weighted by Crippen LogP contribution is -2.15. The average Bonchev–Trinajstić information content (AvgIpc) is 2.93. The van der Waals surface area contributed by atoms with E-state index in [4.69, 9.17) is 33.2 Å². The first-order chi connectivity index (χ1) is 19.2. The summed E-state index contributed by atoms with van der Waals surface area (Å²) in [6, 6.07) is 0. The number of unbranched alkanes of at least 4 members (excludes halogenated alkanes) is 10. The molecule has 0 aliphatic heterocycles. The van der Waals surface area contributed by atoms with E-state index >= 15 is 0 Å². The standard InChI is InChI=1S/C30H58O9/c1-3-5-7-8-9-10-11-12-14-16-30(32)39-28-26-37-24-22-35-20-18-33-17-19-34-21-23-36-25-27-38-29(31)15-13-6-4-2/h3-28H2,1-2H3. The quantitative estimate of drug-likeness (QED) is 0.0760. The first kappa shape index (κ1) is 37.7. The van der Waals surface area contributed by atoms with Crippen LogP contribution in [0.3, 0.4) is 0 Å². The highest BCUT2D eigenvalue weighted by Crippen LogP contribution is 2.10. The van der Waals surface area contributed by atoms with Gasteiger partial charge in [0, 0.05) is 12.8 Å². The Balaban J connectivity index is 3.16. The van der Waals surface area contributed by atoms with Crippen LogP contribution in [-0.4, -0.2) is 91.2 Å². The molecular weight excluding hydrogens is 504 g/mol. The topological polar surface area (TPSA) is 98.8 Å². The molecule has 0 aliphatic rings. The van der Waals surface area contributed by atoms with Crippen LogP contribution in [0.2, 0.25) is 0 Å². The smallest absolute Gasteiger partial charge is 0.305 e. The number of ether oxygens (including phenoxy) is 7. The lowest BCUT2D eigenvalue weighted by atomic mass is 10.1. The molecule has 0 saturated heterocycles. The minimum atomic E-state index is -0.158. The van der Waals surface area contributed by atoms with Crippen molar-refractivity contribution in [3.8, 4) is 0 Å². The van der Waals surface area contributed by atoms with Crippen LogP contribution in [0.4, 0.5) is 0 Å². The highest BCUT2D eigenvalue weighted by Gasteiger charge is 2.03. The van der Waals surface area contributed by atoms with Gasteiger partial charge in [-0.15, -0.1) is 0 Å². The molecule has 0 aliphatic carbocycles. The largest absolute Gasteiger partial charge is 0.463 e. The number of hydrogen-bond acceptors (Lipinski definition) is 9. The van der Waals surface area contributed by atoms with E-state index in [0.717, 1.165) is 32.1 Å². The average molecular weight is 563 g/mol. The summed E-state index contributed by atoms with van der Waals surface area (Å²) in [5.41, 5.74) is 0. The van der Waals surface area contributed by atoms with Crippen LogP contribution in [0.5, 0.6) is 0 Å². The van der Waals surface area contributed by atoms with Crippen molar-refractivity contribution in [3.63, 3.8) is 0 Å². The molecule has 0 rings (SSSR count). The van der Waals surface area contributed by atoms with Gasteiger partial charge in [-0.25, -0.2) is 0 Å². The zero-order valence-corrected chi connectivity index (χ0v) is 25.1. The molecule has 0 heterocycles. The Labute approximate surface area is 237 Å². The van der Waals surface area contributed by atoms with Gasteiger partial charge in [0.15, 0.2) is 0 Å². The minimum absolute atomic E-state index is 0.137. The van der Waals surface area contributed by atoms with Crippen LogP contribution < -0.4 is 0 Å². The molecule has 0 aromatic carbocycles. The van der Waals surface area contributed by atoms with Gasteiger partial charge in [-0.05, 0) is 12.8 Å². The molecule has 39 heavy (non-hydrogen) atoms. The summed E-state index contributed by atoms with van der Waals surface area (Å²) in [6.07, 6.45) is 15.1. The van der Waals surface area contributed by atoms with Crippen molar-refractivity contribution in [2.24, 2.45) is 0 Å². The van der Waals surface area contributed by atoms with Crippen molar-refractivity contribution in [3.05, 3.63) is 0 Å². The van der Waals surface area contributed by atoms with E-state index in [-0.39, 0.29) is 25.2 Å². The van der Waals surface area contributed by atoms with Gasteiger partial charge >= 0.3 is 11.9 Å². The molecule has 9 nitrogen and oxygen atoms in total. The molecule has 0 radical (unpaired) electrons. The molecule has 232 valence electrons. The first-order valence-electron chi connectivity index (χ1n) is 15.4. The predicted molar refractivity (Wildman–Crippen MR) is 152 cm³/mol. The minimum Gasteiger partial charge on any atom is -0.463 e. The third-order valence-corrected chi connectivity index (χ3v) is 5.94. The third-order valence-electron chi connectivity index (χ3n) is 5.94. The molecule has 9 heteroatoms. The van der Waals surface area contributed by atoms with Crippen molar-refractivity contribution in [2.75, 3.05) is 79.3 Å². The molecule has 0 aromatic rings. The number of carbonyl (C=O) groups is 2. The monoisotopic (exact) mass is 562 g/mol. The highest BCUT2D eigenvalue weighted by molar-refractivity contribution is 5.69. The number of carbonyl (C=O) groups excluding carboxylic acids is 2. The molecule has 0 atom stereocenters. The molecule has 0 aromatic heterocycles. The van der Waals surface area contributed by atoms with Gasteiger partial charge < -0.3 is 33.2 Å². The number of esters is 2. The van der Waals surface area contributed by atoms with Crippen LogP contribution in [0.15, 0.2) is 0 Å². The van der Waals surface area contributed by atoms with Gasteiger partial charge in [-0.2, -0.15) is 0 Å². The second kappa shape index (κ2) is 32.9. The molecule has 0 saturated carbocycles. The van der Waals surface area contributed by atoms with Crippen LogP contribution in [0.25, 0.3) is 0 Å². The summed E-state index contributed by atoms with van der Waals surface area (Å²) in [6.45, 7) is 9.46. The Bertz CT molecular complexity index is 517. The van der Waals surface area contributed by atoms with E-state index in [1.807, 2.05) is 0 Å². The van der Waals surface area contributed by atoms with Gasteiger partial charge in [0.25, 0.3) is 0 Å². The molecular formula is C30H58O9. The summed E-state index contributed by atoms with van der Waals surface area (Å²) in [5.74, 6) is -0.295. The number of rotatable bonds is 32. The van der Waals surface area contributed by atoms with Gasteiger partial charge in [-0.1, -0.05) is 78.1 Å². The fourth-order valence-corrected chi connectivity index (χ4v) is 3.65. The number of hydrogen-bond donors (Lipinski definition) is 0. The molecule has 0 spiro atoms. The van der Waals surface area contributed by atoms with E-state index < -0.39 is 0 Å². The van der Waals surface area contributed by atoms with E-state index in [9.17, 15) is 9.59 Å². The predicted octanol–water partition coefficient (Wildman–Crippen LogP) is 5.66. The van der Waals surface area contributed by atoms with E-state index in [0.29, 0.717) is 78.9 Å². The van der Waals surface area contributed by atoms with Crippen molar-refractivity contribution in [1.29, 1.82) is 0 Å². The van der Waals surface area contributed by atoms with Crippen LogP contribution in [0, 0.1) is 0 Å². The first-order valence-corrected chi connectivity index (χ1v) is 15.4. The second-order valence-corrected chi connectivity index (χ2v) is 9.54. The molecule has 0 unspecified atom stereocenters. The summed E-state index contributed by atoms with van der Waals surface area (Å²) in [7, 11) is 0. The third kappa shape index (κ3) is 32.8. The fourth-order valence-electron chi connectivity index (χ4n) is 3.65. The summed E-state index contributed by atoms with van der Waals surface area (Å²) in [4.78, 5) is 23.2. The normalized spacial score (nSPS) is 11.1. The van der Waals surface area contributed by atoms with E-state index in [2.05, 4.69) is 13.8 Å². The van der Waals surface area contributed by atoms with Crippen molar-refractivity contribution >= 4 is 11.9 Å². The van der Waals surface area contributed by atoms with Crippen molar-refractivity contribution in [2.45, 2.75) is 104 Å². The van der Waals surface area contributed by atoms with Gasteiger partial charge in [0.2, 0.25) is 0 Å². The SMILES string of the molecule is CCCCCCCCCCCC(=O)OCCOCCOCCOCCOCCOCCOC(=O)CCCCC. The highest BCUT2D eigenvalue weighted by atomic mass is 16.6. The van der Waals surface area contributed by atoms with Gasteiger partial charge in [0.1, 0.15) is 13.2 Å². The lowest BCUT2D eigenvalue weighted by Gasteiger charge is -2.08. The Morgan fingerprint density at radius 1 is 0.359 bits per heavy atom. The second-order valence-electron chi connectivity index (χ2n) is 9.54. The summed E-state index contributed by atoms with van der Waals surface area (Å²) >= 11 is 0. The van der Waals surface area contributed by atoms with Gasteiger partial charge in [0.05, 0.1) is 66.1 Å². The molecule has 0 N–H and O–H groups in total. The zero-order chi connectivity index (χ0) is 28.5. The summed E-state index contributed by atoms with van der Waals surface area (Å²) in [5, 5.41) is 0. The van der Waals surface area contributed by atoms with E-state index in [1.165, 1.54) is 44.9 Å². The fraction of sp³-hybridized carbons (Fsp3) is 0.933.